The number of hydrogen-bond donors (Lipinski definition) is 2. The first-order chi connectivity index (χ1) is 11.0. The van der Waals surface area contributed by atoms with E-state index >= 15 is 0 Å². The molecule has 1 aromatic rings. The molecule has 6 heteroatoms. The van der Waals surface area contributed by atoms with Crippen LogP contribution in [0.15, 0.2) is 6.07 Å². The molecule has 1 atom stereocenters. The van der Waals surface area contributed by atoms with Gasteiger partial charge in [-0.2, -0.15) is 4.72 Å². The van der Waals surface area contributed by atoms with Gasteiger partial charge < -0.3 is 14.8 Å². The van der Waals surface area contributed by atoms with Gasteiger partial charge in [-0.3, -0.25) is 0 Å². The number of amides is 2. The zero-order chi connectivity index (χ0) is 16.4. The lowest BCUT2D eigenvalue weighted by Crippen LogP contribution is -2.38. The molecule has 3 rings (SSSR count). The number of rotatable bonds is 5. The maximum Gasteiger partial charge on any atom is 0.360 e. The summed E-state index contributed by atoms with van der Waals surface area (Å²) in [5.41, 5.74) is 6.35. The van der Waals surface area contributed by atoms with Gasteiger partial charge in [0.05, 0.1) is 11.4 Å². The highest BCUT2D eigenvalue weighted by Gasteiger charge is 2.25. The van der Waals surface area contributed by atoms with E-state index < -0.39 is 11.4 Å². The molecule has 1 aromatic carbocycles. The molecule has 0 bridgehead atoms. The molecular formula is C17H25N3O2S. The number of benzene rings is 1. The molecule has 0 saturated heterocycles. The Hall–Kier alpha value is -1.24. The number of carbonyl (C=O) groups is 1. The molecule has 0 radical (unpaired) electrons. The molecule has 0 saturated carbocycles. The monoisotopic (exact) mass is 335 g/mol. The fraction of sp³-hybridized carbons (Fsp3) is 0.588. The minimum Gasteiger partial charge on any atom is -0.593 e. The molecule has 2 aliphatic rings. The Balaban J connectivity index is 1.69. The second-order valence-corrected chi connectivity index (χ2v) is 7.95. The van der Waals surface area contributed by atoms with Crippen LogP contribution < -0.4 is 10.0 Å². The molecule has 5 nitrogen and oxygen atoms in total. The number of aryl methyl sites for hydroxylation is 2. The highest BCUT2D eigenvalue weighted by atomic mass is 32.2. The van der Waals surface area contributed by atoms with Crippen LogP contribution >= 0.6 is 0 Å². The third-order valence-electron chi connectivity index (χ3n) is 4.64. The van der Waals surface area contributed by atoms with Gasteiger partial charge in [0.1, 0.15) is 5.75 Å². The number of carbonyl (C=O) groups excluding carboxylic acids is 1. The van der Waals surface area contributed by atoms with Crippen LogP contribution in [0.5, 0.6) is 0 Å². The van der Waals surface area contributed by atoms with Crippen LogP contribution in [-0.2, 0) is 37.0 Å². The first-order valence-corrected chi connectivity index (χ1v) is 9.63. The summed E-state index contributed by atoms with van der Waals surface area (Å²) >= 11 is -1.34. The van der Waals surface area contributed by atoms with E-state index in [4.69, 9.17) is 0 Å². The molecule has 0 aliphatic heterocycles. The van der Waals surface area contributed by atoms with Crippen molar-refractivity contribution in [3.05, 3.63) is 28.3 Å². The molecule has 126 valence electrons. The van der Waals surface area contributed by atoms with Gasteiger partial charge in [-0.1, -0.05) is 6.07 Å². The average molecular weight is 335 g/mol. The Kier molecular flexibility index (Phi) is 5.14. The fourth-order valence-electron chi connectivity index (χ4n) is 3.53. The van der Waals surface area contributed by atoms with Crippen molar-refractivity contribution in [2.24, 2.45) is 0 Å². The van der Waals surface area contributed by atoms with E-state index in [-0.39, 0.29) is 6.03 Å². The minimum atomic E-state index is -1.34. The Morgan fingerprint density at radius 1 is 1.17 bits per heavy atom. The van der Waals surface area contributed by atoms with Crippen LogP contribution in [0.25, 0.3) is 0 Å². The first-order valence-electron chi connectivity index (χ1n) is 8.32. The van der Waals surface area contributed by atoms with E-state index in [1.807, 2.05) is 19.0 Å². The van der Waals surface area contributed by atoms with Crippen LogP contribution in [0.3, 0.4) is 0 Å². The molecule has 2 N–H and O–H groups in total. The van der Waals surface area contributed by atoms with Crippen LogP contribution in [0.4, 0.5) is 10.5 Å². The summed E-state index contributed by atoms with van der Waals surface area (Å²) in [6, 6.07) is 1.99. The van der Waals surface area contributed by atoms with Crippen molar-refractivity contribution < 1.29 is 9.35 Å². The Bertz CT molecular complexity index is 572. The van der Waals surface area contributed by atoms with Crippen LogP contribution in [0.2, 0.25) is 0 Å². The maximum absolute atomic E-state index is 12.2. The standard InChI is InChI=1S/C17H25N3O2S/c1-20(2)9-10-23(22)19-17(21)18-16-14-7-3-5-12(14)11-13-6-4-8-15(13)16/h11H,3-10H2,1-2H3,(H2,18,19,21). The van der Waals surface area contributed by atoms with E-state index in [1.165, 1.54) is 22.3 Å². The van der Waals surface area contributed by atoms with Gasteiger partial charge in [-0.25, -0.2) is 4.79 Å². The summed E-state index contributed by atoms with van der Waals surface area (Å²) in [7, 11) is 3.85. The average Bonchev–Trinajstić information content (AvgIpc) is 3.13. The summed E-state index contributed by atoms with van der Waals surface area (Å²) in [5.74, 6) is 0.436. The molecule has 23 heavy (non-hydrogen) atoms. The van der Waals surface area contributed by atoms with Crippen molar-refractivity contribution in [1.29, 1.82) is 0 Å². The Labute approximate surface area is 141 Å². The quantitative estimate of drug-likeness (QED) is 0.809. The highest BCUT2D eigenvalue weighted by Crippen LogP contribution is 2.38. The fourth-order valence-corrected chi connectivity index (χ4v) is 4.42. The molecule has 0 heterocycles. The van der Waals surface area contributed by atoms with Crippen molar-refractivity contribution in [2.45, 2.75) is 38.5 Å². The zero-order valence-electron chi connectivity index (χ0n) is 13.9. The lowest BCUT2D eigenvalue weighted by Gasteiger charge is -2.18. The molecule has 2 aliphatic carbocycles. The summed E-state index contributed by atoms with van der Waals surface area (Å²) in [4.78, 5) is 14.2. The molecule has 0 spiro atoms. The van der Waals surface area contributed by atoms with Crippen molar-refractivity contribution in [2.75, 3.05) is 31.7 Å². The van der Waals surface area contributed by atoms with Crippen molar-refractivity contribution in [3.63, 3.8) is 0 Å². The lowest BCUT2D eigenvalue weighted by molar-refractivity contribution is 0.256. The maximum atomic E-state index is 12.2. The molecule has 0 fully saturated rings. The zero-order valence-corrected chi connectivity index (χ0v) is 14.7. The number of nitrogens with zero attached hydrogens (tertiary/aromatic N) is 1. The van der Waals surface area contributed by atoms with Crippen molar-refractivity contribution in [1.82, 2.24) is 9.62 Å². The summed E-state index contributed by atoms with van der Waals surface area (Å²) in [6.45, 7) is 0.684. The first kappa shape index (κ1) is 16.6. The smallest absolute Gasteiger partial charge is 0.360 e. The molecule has 1 unspecified atom stereocenters. The minimum absolute atomic E-state index is 0.350. The van der Waals surface area contributed by atoms with Crippen molar-refractivity contribution in [3.8, 4) is 0 Å². The molecule has 0 aromatic heterocycles. The predicted octanol–water partition coefficient (Wildman–Crippen LogP) is 2.01. The van der Waals surface area contributed by atoms with Gasteiger partial charge in [0.15, 0.2) is 0 Å². The van der Waals surface area contributed by atoms with Crippen LogP contribution in [-0.4, -0.2) is 41.9 Å². The normalized spacial score (nSPS) is 17.0. The largest absolute Gasteiger partial charge is 0.593 e. The second kappa shape index (κ2) is 7.11. The number of nitrogens with one attached hydrogen (secondary N) is 2. The number of anilines is 1. The number of hydrogen-bond acceptors (Lipinski definition) is 3. The van der Waals surface area contributed by atoms with E-state index in [0.29, 0.717) is 12.3 Å². The van der Waals surface area contributed by atoms with Gasteiger partial charge in [0, 0.05) is 12.2 Å². The van der Waals surface area contributed by atoms with E-state index in [1.54, 1.807) is 0 Å². The summed E-state index contributed by atoms with van der Waals surface area (Å²) in [6.07, 6.45) is 6.58. The van der Waals surface area contributed by atoms with E-state index in [9.17, 15) is 9.35 Å². The van der Waals surface area contributed by atoms with Gasteiger partial charge >= 0.3 is 6.03 Å². The number of fused-ring (bicyclic) bond motifs is 2. The highest BCUT2D eigenvalue weighted by molar-refractivity contribution is 7.90. The van der Waals surface area contributed by atoms with Gasteiger partial charge in [-0.05, 0) is 74.9 Å². The van der Waals surface area contributed by atoms with Gasteiger partial charge in [0.25, 0.3) is 0 Å². The summed E-state index contributed by atoms with van der Waals surface area (Å²) < 4.78 is 14.5. The SMILES string of the molecule is CN(C)CC[S+]([O-])NC(=O)Nc1c2c(cc3c1CCC3)CCC2. The third kappa shape index (κ3) is 3.82. The topological polar surface area (TPSA) is 67.4 Å². The van der Waals surface area contributed by atoms with Crippen molar-refractivity contribution >= 4 is 23.1 Å². The van der Waals surface area contributed by atoms with Gasteiger partial charge in [-0.15, -0.1) is 0 Å². The third-order valence-corrected chi connectivity index (χ3v) is 5.61. The van der Waals surface area contributed by atoms with E-state index in [0.717, 1.165) is 44.2 Å². The Morgan fingerprint density at radius 2 is 1.78 bits per heavy atom. The molecule has 2 amide bonds. The Morgan fingerprint density at radius 3 is 2.35 bits per heavy atom. The lowest BCUT2D eigenvalue weighted by atomic mass is 9.99. The van der Waals surface area contributed by atoms with Crippen LogP contribution in [0, 0.1) is 0 Å². The number of urea groups is 1. The van der Waals surface area contributed by atoms with E-state index in [2.05, 4.69) is 16.1 Å². The second-order valence-electron chi connectivity index (χ2n) is 6.64. The summed E-state index contributed by atoms with van der Waals surface area (Å²) in [5, 5.41) is 3.00. The predicted molar refractivity (Wildman–Crippen MR) is 94.2 cm³/mol. The molecular weight excluding hydrogens is 310 g/mol. The van der Waals surface area contributed by atoms with Crippen LogP contribution in [0.1, 0.15) is 35.1 Å². The van der Waals surface area contributed by atoms with Gasteiger partial charge in [0.2, 0.25) is 0 Å².